The summed E-state index contributed by atoms with van der Waals surface area (Å²) < 4.78 is 5.13. The average Bonchev–Trinajstić information content (AvgIpc) is 2.42. The Labute approximate surface area is 123 Å². The average molecular weight is 282 g/mol. The summed E-state index contributed by atoms with van der Waals surface area (Å²) in [5, 5.41) is 0. The molecule has 0 heterocycles. The van der Waals surface area contributed by atoms with Crippen LogP contribution in [0.5, 0.6) is 0 Å². The lowest BCUT2D eigenvalue weighted by molar-refractivity contribution is -0.413. The Bertz CT molecular complexity index is 357. The summed E-state index contributed by atoms with van der Waals surface area (Å²) in [6.45, 7) is 9.19. The number of allylic oxidation sites excluding steroid dienone is 2. The van der Waals surface area contributed by atoms with Gasteiger partial charge in [0, 0.05) is 7.11 Å². The van der Waals surface area contributed by atoms with E-state index < -0.39 is 5.79 Å². The smallest absolute Gasteiger partial charge is 0.195 e. The molecule has 1 fully saturated rings. The predicted molar refractivity (Wildman–Crippen MR) is 80.1 cm³/mol. The second kappa shape index (κ2) is 6.17. The van der Waals surface area contributed by atoms with Crippen LogP contribution < -0.4 is 0 Å². The van der Waals surface area contributed by atoms with Gasteiger partial charge in [0.25, 0.3) is 0 Å². The molecule has 0 N–H and O–H groups in total. The fourth-order valence-electron chi connectivity index (χ4n) is 3.47. The lowest BCUT2D eigenvalue weighted by Crippen LogP contribution is -2.47. The zero-order valence-corrected chi connectivity index (χ0v) is 13.7. The van der Waals surface area contributed by atoms with E-state index in [1.54, 1.807) is 12.7 Å². The minimum absolute atomic E-state index is 0.548. The highest BCUT2D eigenvalue weighted by atomic mass is 17.2. The van der Waals surface area contributed by atoms with Gasteiger partial charge in [0.1, 0.15) is 0 Å². The van der Waals surface area contributed by atoms with Gasteiger partial charge in [0.15, 0.2) is 5.79 Å². The Morgan fingerprint density at radius 1 is 1.30 bits per heavy atom. The summed E-state index contributed by atoms with van der Waals surface area (Å²) in [4.78, 5) is 10.4. The van der Waals surface area contributed by atoms with Gasteiger partial charge < -0.3 is 4.74 Å². The summed E-state index contributed by atoms with van der Waals surface area (Å²) in [6, 6.07) is 0. The topological polar surface area (TPSA) is 27.7 Å². The van der Waals surface area contributed by atoms with Gasteiger partial charge in [0.05, 0.1) is 6.61 Å². The van der Waals surface area contributed by atoms with E-state index in [-0.39, 0.29) is 0 Å². The van der Waals surface area contributed by atoms with Crippen LogP contribution in [0.15, 0.2) is 11.6 Å². The van der Waals surface area contributed by atoms with Crippen molar-refractivity contribution < 1.29 is 14.5 Å². The van der Waals surface area contributed by atoms with E-state index in [4.69, 9.17) is 14.5 Å². The van der Waals surface area contributed by atoms with Crippen molar-refractivity contribution in [3.05, 3.63) is 11.6 Å². The molecule has 20 heavy (non-hydrogen) atoms. The second-order valence-electron chi connectivity index (χ2n) is 7.29. The summed E-state index contributed by atoms with van der Waals surface area (Å²) in [5.41, 5.74) is 2.24. The van der Waals surface area contributed by atoms with Crippen LogP contribution in [0.1, 0.15) is 59.8 Å². The van der Waals surface area contributed by atoms with E-state index >= 15 is 0 Å². The normalized spacial score (nSPS) is 27.9. The van der Waals surface area contributed by atoms with Gasteiger partial charge in [-0.15, -0.1) is 0 Å². The largest absolute Gasteiger partial charge is 0.351 e. The molecule has 0 amide bonds. The maximum atomic E-state index is 5.21. The lowest BCUT2D eigenvalue weighted by atomic mass is 9.48. The van der Waals surface area contributed by atoms with Crippen molar-refractivity contribution in [1.29, 1.82) is 0 Å². The number of ether oxygens (including phenoxy) is 1. The van der Waals surface area contributed by atoms with E-state index in [0.717, 1.165) is 18.3 Å². The van der Waals surface area contributed by atoms with Crippen LogP contribution in [0.4, 0.5) is 0 Å². The van der Waals surface area contributed by atoms with Gasteiger partial charge in [0.2, 0.25) is 0 Å². The molecule has 1 saturated carbocycles. The Morgan fingerprint density at radius 3 is 2.65 bits per heavy atom. The summed E-state index contributed by atoms with van der Waals surface area (Å²) in [7, 11) is 1.62. The monoisotopic (exact) mass is 282 g/mol. The Hall–Kier alpha value is -0.380. The molecule has 3 aliphatic rings. The highest BCUT2D eigenvalue weighted by Gasteiger charge is 2.50. The van der Waals surface area contributed by atoms with Crippen LogP contribution >= 0.6 is 0 Å². The summed E-state index contributed by atoms with van der Waals surface area (Å²) in [6.07, 6.45) is 8.64. The lowest BCUT2D eigenvalue weighted by Gasteiger charge is -2.56. The fraction of sp³-hybridized carbons (Fsp3) is 0.882. The van der Waals surface area contributed by atoms with Crippen molar-refractivity contribution in [2.24, 2.45) is 17.3 Å². The quantitative estimate of drug-likeness (QED) is 0.216. The Morgan fingerprint density at radius 2 is 2.05 bits per heavy atom. The molecule has 3 rings (SSSR count). The molecule has 0 unspecified atom stereocenters. The molecular weight excluding hydrogens is 252 g/mol. The van der Waals surface area contributed by atoms with Crippen molar-refractivity contribution in [3.8, 4) is 0 Å². The van der Waals surface area contributed by atoms with Crippen molar-refractivity contribution in [2.45, 2.75) is 65.6 Å². The van der Waals surface area contributed by atoms with Crippen molar-refractivity contribution in [3.63, 3.8) is 0 Å². The van der Waals surface area contributed by atoms with Crippen LogP contribution in [-0.4, -0.2) is 19.5 Å². The third kappa shape index (κ3) is 3.44. The highest BCUT2D eigenvalue weighted by Crippen LogP contribution is 2.59. The van der Waals surface area contributed by atoms with E-state index in [1.165, 1.54) is 25.7 Å². The van der Waals surface area contributed by atoms with Gasteiger partial charge >= 0.3 is 0 Å². The first-order chi connectivity index (χ1) is 9.37. The second-order valence-corrected chi connectivity index (χ2v) is 7.29. The SMILES string of the molecule is COC(C)(C)OOCCCCC1=CC[C@H]2C[C@@H]1C2(C)C. The third-order valence-corrected chi connectivity index (χ3v) is 5.28. The van der Waals surface area contributed by atoms with E-state index in [9.17, 15) is 0 Å². The molecular formula is C17H30O3. The van der Waals surface area contributed by atoms with Crippen LogP contribution in [0.25, 0.3) is 0 Å². The first-order valence-corrected chi connectivity index (χ1v) is 7.91. The number of rotatable bonds is 8. The minimum Gasteiger partial charge on any atom is -0.351 e. The molecule has 0 aromatic carbocycles. The fourth-order valence-corrected chi connectivity index (χ4v) is 3.47. The zero-order chi connectivity index (χ0) is 14.8. The highest BCUT2D eigenvalue weighted by molar-refractivity contribution is 5.23. The van der Waals surface area contributed by atoms with Crippen LogP contribution in [0.3, 0.4) is 0 Å². The standard InChI is InChI=1S/C17H30O3/c1-16(2)14-10-9-13(15(16)12-14)8-6-7-11-19-20-17(3,4)18-5/h9,14-15H,6-8,10-12H2,1-5H3/t14-,15-/m0/s1. The molecule has 0 aliphatic heterocycles. The van der Waals surface area contributed by atoms with Gasteiger partial charge in [-0.3, -0.25) is 0 Å². The number of hydrogen-bond donors (Lipinski definition) is 0. The van der Waals surface area contributed by atoms with Gasteiger partial charge in [-0.2, -0.15) is 0 Å². The molecule has 2 bridgehead atoms. The zero-order valence-electron chi connectivity index (χ0n) is 13.7. The number of methoxy groups -OCH3 is 1. The summed E-state index contributed by atoms with van der Waals surface area (Å²) >= 11 is 0. The number of unbranched alkanes of at least 4 members (excludes halogenated alkanes) is 1. The maximum Gasteiger partial charge on any atom is 0.195 e. The molecule has 116 valence electrons. The first kappa shape index (κ1) is 16.0. The minimum atomic E-state index is -0.656. The maximum absolute atomic E-state index is 5.21. The summed E-state index contributed by atoms with van der Waals surface area (Å²) in [5.74, 6) is 1.12. The molecule has 2 atom stereocenters. The van der Waals surface area contributed by atoms with Crippen LogP contribution in [0, 0.1) is 17.3 Å². The first-order valence-electron chi connectivity index (χ1n) is 7.91. The van der Waals surface area contributed by atoms with Gasteiger partial charge in [-0.25, -0.2) is 9.78 Å². The van der Waals surface area contributed by atoms with E-state index in [2.05, 4.69) is 19.9 Å². The van der Waals surface area contributed by atoms with E-state index in [0.29, 0.717) is 12.0 Å². The van der Waals surface area contributed by atoms with Crippen LogP contribution in [-0.2, 0) is 14.5 Å². The Kier molecular flexibility index (Phi) is 4.93. The van der Waals surface area contributed by atoms with Crippen LogP contribution in [0.2, 0.25) is 0 Å². The molecule has 3 nitrogen and oxygen atoms in total. The molecule has 0 aromatic rings. The van der Waals surface area contributed by atoms with Crippen molar-refractivity contribution in [2.75, 3.05) is 13.7 Å². The van der Waals surface area contributed by atoms with Crippen molar-refractivity contribution in [1.82, 2.24) is 0 Å². The Balaban J connectivity index is 1.59. The van der Waals surface area contributed by atoms with Gasteiger partial charge in [-0.05, 0) is 63.2 Å². The van der Waals surface area contributed by atoms with Gasteiger partial charge in [-0.1, -0.05) is 25.5 Å². The van der Waals surface area contributed by atoms with Crippen molar-refractivity contribution >= 4 is 0 Å². The molecule has 0 saturated heterocycles. The molecule has 0 spiro atoms. The molecule has 0 aromatic heterocycles. The number of fused-ring (bicyclic) bond motifs is 1. The van der Waals surface area contributed by atoms with E-state index in [1.807, 2.05) is 13.8 Å². The number of hydrogen-bond acceptors (Lipinski definition) is 3. The molecule has 0 radical (unpaired) electrons. The third-order valence-electron chi connectivity index (χ3n) is 5.28. The predicted octanol–water partition coefficient (Wildman–Crippen LogP) is 4.48. The molecule has 3 aliphatic carbocycles. The molecule has 3 heteroatoms.